The minimum Gasteiger partial charge on any atom is -0.346 e. The predicted molar refractivity (Wildman–Crippen MR) is 55.7 cm³/mol. The summed E-state index contributed by atoms with van der Waals surface area (Å²) in [7, 11) is 0. The molecule has 1 spiro atoms. The van der Waals surface area contributed by atoms with E-state index in [1.54, 1.807) is 0 Å². The SMILES string of the molecule is CCC(F)(F)C(=O)N1CCCC2(C1)OCCO2. The third-order valence-electron chi connectivity index (χ3n) is 3.28. The van der Waals surface area contributed by atoms with E-state index in [0.29, 0.717) is 32.6 Å². The van der Waals surface area contributed by atoms with E-state index in [1.807, 2.05) is 0 Å². The van der Waals surface area contributed by atoms with Crippen molar-refractivity contribution in [3.63, 3.8) is 0 Å². The molecule has 2 aliphatic rings. The molecule has 6 heteroatoms. The summed E-state index contributed by atoms with van der Waals surface area (Å²) in [5.74, 6) is -5.23. The van der Waals surface area contributed by atoms with Gasteiger partial charge in [-0.25, -0.2) is 0 Å². The Morgan fingerprint density at radius 2 is 2.06 bits per heavy atom. The molecule has 0 atom stereocenters. The van der Waals surface area contributed by atoms with Crippen molar-refractivity contribution in [2.45, 2.75) is 37.9 Å². The molecule has 2 fully saturated rings. The molecule has 0 aromatic rings. The van der Waals surface area contributed by atoms with Crippen LogP contribution < -0.4 is 0 Å². The molecule has 2 rings (SSSR count). The molecule has 0 saturated carbocycles. The second kappa shape index (κ2) is 4.49. The van der Waals surface area contributed by atoms with E-state index >= 15 is 0 Å². The number of carbonyl (C=O) groups is 1. The fraction of sp³-hybridized carbons (Fsp3) is 0.909. The Hall–Kier alpha value is -0.750. The Morgan fingerprint density at radius 3 is 2.65 bits per heavy atom. The van der Waals surface area contributed by atoms with Crippen LogP contribution in [0.5, 0.6) is 0 Å². The van der Waals surface area contributed by atoms with Crippen LogP contribution in [0.15, 0.2) is 0 Å². The van der Waals surface area contributed by atoms with E-state index in [0.717, 1.165) is 0 Å². The normalized spacial score (nSPS) is 24.3. The van der Waals surface area contributed by atoms with Crippen LogP contribution in [0.25, 0.3) is 0 Å². The maximum Gasteiger partial charge on any atom is 0.324 e. The fourth-order valence-electron chi connectivity index (χ4n) is 2.28. The van der Waals surface area contributed by atoms with Gasteiger partial charge in [0.15, 0.2) is 5.79 Å². The van der Waals surface area contributed by atoms with Gasteiger partial charge in [0.2, 0.25) is 0 Å². The van der Waals surface area contributed by atoms with E-state index in [4.69, 9.17) is 9.47 Å². The molecule has 98 valence electrons. The number of ether oxygens (including phenoxy) is 2. The van der Waals surface area contributed by atoms with Gasteiger partial charge in [-0.1, -0.05) is 6.92 Å². The largest absolute Gasteiger partial charge is 0.346 e. The van der Waals surface area contributed by atoms with Crippen molar-refractivity contribution in [1.82, 2.24) is 4.90 Å². The Bertz CT molecular complexity index is 303. The lowest BCUT2D eigenvalue weighted by Crippen LogP contribution is -2.54. The van der Waals surface area contributed by atoms with Gasteiger partial charge < -0.3 is 14.4 Å². The summed E-state index contributed by atoms with van der Waals surface area (Å²) in [6, 6.07) is 0. The molecule has 2 saturated heterocycles. The van der Waals surface area contributed by atoms with Crippen LogP contribution in [0, 0.1) is 0 Å². The highest BCUT2D eigenvalue weighted by Crippen LogP contribution is 2.32. The van der Waals surface area contributed by atoms with Crippen LogP contribution in [0.4, 0.5) is 8.78 Å². The first-order chi connectivity index (χ1) is 7.99. The molecule has 1 amide bonds. The molecule has 0 aromatic heterocycles. The zero-order chi connectivity index (χ0) is 12.5. The number of carbonyl (C=O) groups excluding carboxylic acids is 1. The standard InChI is InChI=1S/C11H17F2NO3/c1-2-11(12,13)9(15)14-5-3-4-10(8-14)16-6-7-17-10/h2-8H2,1H3. The summed E-state index contributed by atoms with van der Waals surface area (Å²) in [6.07, 6.45) is 0.817. The van der Waals surface area contributed by atoms with Crippen LogP contribution >= 0.6 is 0 Å². The zero-order valence-electron chi connectivity index (χ0n) is 9.88. The maximum atomic E-state index is 13.3. The van der Waals surface area contributed by atoms with Gasteiger partial charge in [0.1, 0.15) is 0 Å². The predicted octanol–water partition coefficient (Wildman–Crippen LogP) is 1.40. The number of hydrogen-bond donors (Lipinski definition) is 0. The van der Waals surface area contributed by atoms with Gasteiger partial charge in [-0.2, -0.15) is 8.78 Å². The lowest BCUT2D eigenvalue weighted by atomic mass is 10.0. The maximum absolute atomic E-state index is 13.3. The Kier molecular flexibility index (Phi) is 3.36. The molecular weight excluding hydrogens is 232 g/mol. The number of likely N-dealkylation sites (tertiary alicyclic amines) is 1. The number of halogens is 2. The molecule has 17 heavy (non-hydrogen) atoms. The topological polar surface area (TPSA) is 38.8 Å². The smallest absolute Gasteiger partial charge is 0.324 e. The molecule has 0 unspecified atom stereocenters. The third-order valence-corrected chi connectivity index (χ3v) is 3.28. The van der Waals surface area contributed by atoms with E-state index in [-0.39, 0.29) is 6.54 Å². The van der Waals surface area contributed by atoms with Crippen LogP contribution in [-0.4, -0.2) is 48.8 Å². The summed E-state index contributed by atoms with van der Waals surface area (Å²) < 4.78 is 37.6. The molecular formula is C11H17F2NO3. The van der Waals surface area contributed by atoms with Gasteiger partial charge in [0, 0.05) is 19.4 Å². The average molecular weight is 249 g/mol. The van der Waals surface area contributed by atoms with Crippen molar-refractivity contribution in [3.8, 4) is 0 Å². The lowest BCUT2D eigenvalue weighted by molar-refractivity contribution is -0.201. The number of piperidine rings is 1. The monoisotopic (exact) mass is 249 g/mol. The highest BCUT2D eigenvalue weighted by Gasteiger charge is 2.47. The van der Waals surface area contributed by atoms with Gasteiger partial charge in [-0.05, 0) is 6.42 Å². The first-order valence-corrected chi connectivity index (χ1v) is 5.94. The quantitative estimate of drug-likeness (QED) is 0.742. The second-order valence-corrected chi connectivity index (χ2v) is 4.50. The van der Waals surface area contributed by atoms with Gasteiger partial charge in [0.05, 0.1) is 19.8 Å². The first-order valence-electron chi connectivity index (χ1n) is 5.94. The second-order valence-electron chi connectivity index (χ2n) is 4.50. The summed E-state index contributed by atoms with van der Waals surface area (Å²) in [5.41, 5.74) is 0. The van der Waals surface area contributed by atoms with E-state index in [1.165, 1.54) is 11.8 Å². The number of rotatable bonds is 2. The van der Waals surface area contributed by atoms with Gasteiger partial charge in [0.25, 0.3) is 5.91 Å². The molecule has 0 aliphatic carbocycles. The molecule has 2 heterocycles. The van der Waals surface area contributed by atoms with Crippen LogP contribution in [-0.2, 0) is 14.3 Å². The van der Waals surface area contributed by atoms with Crippen molar-refractivity contribution in [2.75, 3.05) is 26.3 Å². The molecule has 0 aromatic carbocycles. The number of nitrogens with zero attached hydrogens (tertiary/aromatic N) is 1. The molecule has 0 bridgehead atoms. The average Bonchev–Trinajstić information content (AvgIpc) is 2.76. The highest BCUT2D eigenvalue weighted by molar-refractivity contribution is 5.83. The minimum atomic E-state index is -3.28. The molecule has 4 nitrogen and oxygen atoms in total. The summed E-state index contributed by atoms with van der Waals surface area (Å²) in [6.45, 7) is 2.70. The van der Waals surface area contributed by atoms with Gasteiger partial charge in [-0.15, -0.1) is 0 Å². The molecule has 2 aliphatic heterocycles. The van der Waals surface area contributed by atoms with Crippen molar-refractivity contribution in [1.29, 1.82) is 0 Å². The van der Waals surface area contributed by atoms with Crippen molar-refractivity contribution >= 4 is 5.91 Å². The molecule has 0 N–H and O–H groups in total. The van der Waals surface area contributed by atoms with Crippen LogP contribution in [0.1, 0.15) is 26.2 Å². The lowest BCUT2D eigenvalue weighted by Gasteiger charge is -2.39. The summed E-state index contributed by atoms with van der Waals surface area (Å²) >= 11 is 0. The van der Waals surface area contributed by atoms with Crippen molar-refractivity contribution in [2.24, 2.45) is 0 Å². The highest BCUT2D eigenvalue weighted by atomic mass is 19.3. The zero-order valence-corrected chi connectivity index (χ0v) is 9.88. The fourth-order valence-corrected chi connectivity index (χ4v) is 2.28. The van der Waals surface area contributed by atoms with E-state index in [9.17, 15) is 13.6 Å². The van der Waals surface area contributed by atoms with Crippen molar-refractivity contribution in [3.05, 3.63) is 0 Å². The van der Waals surface area contributed by atoms with Gasteiger partial charge in [-0.3, -0.25) is 4.79 Å². The number of hydrogen-bond acceptors (Lipinski definition) is 3. The Labute approximate surface area is 98.9 Å². The van der Waals surface area contributed by atoms with Crippen LogP contribution in [0.2, 0.25) is 0 Å². The number of amides is 1. The van der Waals surface area contributed by atoms with E-state index in [2.05, 4.69) is 0 Å². The third kappa shape index (κ3) is 2.42. The van der Waals surface area contributed by atoms with E-state index < -0.39 is 24.0 Å². The summed E-state index contributed by atoms with van der Waals surface area (Å²) in [4.78, 5) is 12.8. The molecule has 0 radical (unpaired) electrons. The Balaban J connectivity index is 2.04. The van der Waals surface area contributed by atoms with Gasteiger partial charge >= 0.3 is 5.92 Å². The minimum absolute atomic E-state index is 0.113. The first kappa shape index (κ1) is 12.7. The number of alkyl halides is 2. The Morgan fingerprint density at radius 1 is 1.41 bits per heavy atom. The van der Waals surface area contributed by atoms with Crippen molar-refractivity contribution < 1.29 is 23.0 Å². The van der Waals surface area contributed by atoms with Crippen LogP contribution in [0.3, 0.4) is 0 Å². The summed E-state index contributed by atoms with van der Waals surface area (Å²) in [5, 5.41) is 0.